The second kappa shape index (κ2) is 10.9. The zero-order chi connectivity index (χ0) is 22.2. The average molecular weight is 427 g/mol. The predicted molar refractivity (Wildman–Crippen MR) is 123 cm³/mol. The van der Waals surface area contributed by atoms with Crippen molar-refractivity contribution < 1.29 is 9.21 Å². The second-order valence-corrected chi connectivity index (χ2v) is 8.17. The zero-order valence-corrected chi connectivity index (χ0v) is 19.0. The van der Waals surface area contributed by atoms with Crippen LogP contribution in [0.5, 0.6) is 0 Å². The molecular weight excluding hydrogens is 392 g/mol. The van der Waals surface area contributed by atoms with Gasteiger partial charge in [0.05, 0.1) is 13.1 Å². The number of aryl methyl sites for hydroxylation is 1. The zero-order valence-electron chi connectivity index (χ0n) is 19.0. The summed E-state index contributed by atoms with van der Waals surface area (Å²) in [6, 6.07) is 8.29. The maximum Gasteiger partial charge on any atom is 0.234 e. The summed E-state index contributed by atoms with van der Waals surface area (Å²) in [6.45, 7) is 13.1. The minimum Gasteiger partial charge on any atom is -0.444 e. The molecule has 0 spiro atoms. The molecule has 2 aromatic rings. The van der Waals surface area contributed by atoms with E-state index in [1.54, 1.807) is 6.26 Å². The van der Waals surface area contributed by atoms with Crippen LogP contribution in [0.1, 0.15) is 32.0 Å². The Morgan fingerprint density at radius 2 is 1.90 bits per heavy atom. The maximum absolute atomic E-state index is 12.0. The van der Waals surface area contributed by atoms with Gasteiger partial charge in [-0.3, -0.25) is 9.69 Å². The van der Waals surface area contributed by atoms with Gasteiger partial charge in [0.25, 0.3) is 0 Å². The van der Waals surface area contributed by atoms with Gasteiger partial charge in [-0.2, -0.15) is 0 Å². The number of aromatic nitrogens is 1. The molecule has 1 aliphatic rings. The molecule has 0 atom stereocenters. The van der Waals surface area contributed by atoms with Crippen molar-refractivity contribution in [1.82, 2.24) is 25.4 Å². The number of rotatable bonds is 7. The molecule has 8 heteroatoms. The Kier molecular flexibility index (Phi) is 8.06. The summed E-state index contributed by atoms with van der Waals surface area (Å²) in [5, 5.41) is 6.32. The topological polar surface area (TPSA) is 86.0 Å². The molecule has 1 aliphatic heterocycles. The van der Waals surface area contributed by atoms with Gasteiger partial charge in [0.2, 0.25) is 11.8 Å². The Morgan fingerprint density at radius 3 is 2.55 bits per heavy atom. The van der Waals surface area contributed by atoms with E-state index in [1.807, 2.05) is 38.1 Å². The van der Waals surface area contributed by atoms with Crippen LogP contribution < -0.4 is 10.6 Å². The first-order chi connectivity index (χ1) is 14.9. The largest absolute Gasteiger partial charge is 0.444 e. The summed E-state index contributed by atoms with van der Waals surface area (Å²) >= 11 is 0. The number of carbonyl (C=O) groups is 1. The number of hydrogen-bond acceptors (Lipinski definition) is 5. The lowest BCUT2D eigenvalue weighted by atomic mass is 10.1. The number of nitrogens with one attached hydrogen (secondary N) is 2. The van der Waals surface area contributed by atoms with Crippen molar-refractivity contribution in [3.8, 4) is 11.5 Å². The molecule has 1 saturated heterocycles. The van der Waals surface area contributed by atoms with E-state index in [0.717, 1.165) is 49.9 Å². The van der Waals surface area contributed by atoms with Crippen molar-refractivity contribution in [1.29, 1.82) is 0 Å². The van der Waals surface area contributed by atoms with Crippen LogP contribution >= 0.6 is 0 Å². The van der Waals surface area contributed by atoms with Crippen molar-refractivity contribution in [3.63, 3.8) is 0 Å². The molecule has 0 radical (unpaired) electrons. The lowest BCUT2D eigenvalue weighted by Crippen LogP contribution is -2.54. The number of aliphatic imine (C=N–C) groups is 1. The summed E-state index contributed by atoms with van der Waals surface area (Å²) in [7, 11) is 0. The number of guanidine groups is 1. The Hall–Kier alpha value is -2.87. The fourth-order valence-electron chi connectivity index (χ4n) is 3.48. The highest BCUT2D eigenvalue weighted by molar-refractivity contribution is 5.80. The summed E-state index contributed by atoms with van der Waals surface area (Å²) in [6.07, 6.45) is 1.67. The van der Waals surface area contributed by atoms with Crippen LogP contribution in [-0.4, -0.2) is 72.0 Å². The van der Waals surface area contributed by atoms with Gasteiger partial charge in [0.15, 0.2) is 5.96 Å². The SMILES string of the molecule is CCNC(=NCc1coc(-c2ccc(C)cc2)n1)N1CCN(CC(=O)NC(C)C)CC1. The number of carbonyl (C=O) groups excluding carboxylic acids is 1. The van der Waals surface area contributed by atoms with Gasteiger partial charge in [0, 0.05) is 44.3 Å². The maximum atomic E-state index is 12.0. The number of piperazine rings is 1. The van der Waals surface area contributed by atoms with Crippen LogP contribution in [0.25, 0.3) is 11.5 Å². The van der Waals surface area contributed by atoms with E-state index in [9.17, 15) is 4.79 Å². The molecule has 2 heterocycles. The second-order valence-electron chi connectivity index (χ2n) is 8.17. The van der Waals surface area contributed by atoms with Crippen LogP contribution in [-0.2, 0) is 11.3 Å². The molecule has 1 aromatic heterocycles. The number of hydrogen-bond donors (Lipinski definition) is 2. The molecule has 8 nitrogen and oxygen atoms in total. The molecule has 0 aliphatic carbocycles. The quantitative estimate of drug-likeness (QED) is 0.522. The monoisotopic (exact) mass is 426 g/mol. The molecule has 1 amide bonds. The lowest BCUT2D eigenvalue weighted by molar-refractivity contribution is -0.123. The first-order valence-corrected chi connectivity index (χ1v) is 11.0. The number of nitrogens with zero attached hydrogens (tertiary/aromatic N) is 4. The van der Waals surface area contributed by atoms with E-state index < -0.39 is 0 Å². The van der Waals surface area contributed by atoms with Crippen LogP contribution in [0, 0.1) is 6.92 Å². The van der Waals surface area contributed by atoms with E-state index in [2.05, 4.69) is 39.3 Å². The minimum atomic E-state index is 0.0828. The smallest absolute Gasteiger partial charge is 0.234 e. The Labute approximate surface area is 184 Å². The highest BCUT2D eigenvalue weighted by Crippen LogP contribution is 2.19. The van der Waals surface area contributed by atoms with Crippen molar-refractivity contribution in [2.24, 2.45) is 4.99 Å². The molecule has 168 valence electrons. The van der Waals surface area contributed by atoms with Crippen LogP contribution in [0.3, 0.4) is 0 Å². The fraction of sp³-hybridized carbons (Fsp3) is 0.522. The third-order valence-electron chi connectivity index (χ3n) is 5.06. The molecule has 1 fully saturated rings. The third kappa shape index (κ3) is 6.82. The van der Waals surface area contributed by atoms with Crippen LogP contribution in [0.4, 0.5) is 0 Å². The van der Waals surface area contributed by atoms with Crippen molar-refractivity contribution in [3.05, 3.63) is 41.8 Å². The number of amides is 1. The van der Waals surface area contributed by atoms with Gasteiger partial charge in [-0.15, -0.1) is 0 Å². The minimum absolute atomic E-state index is 0.0828. The summed E-state index contributed by atoms with van der Waals surface area (Å²) < 4.78 is 5.65. The first kappa shape index (κ1) is 22.8. The Balaban J connectivity index is 1.56. The average Bonchev–Trinajstić information content (AvgIpc) is 3.21. The molecule has 31 heavy (non-hydrogen) atoms. The number of benzene rings is 1. The van der Waals surface area contributed by atoms with Crippen molar-refractivity contribution in [2.75, 3.05) is 39.3 Å². The van der Waals surface area contributed by atoms with E-state index in [1.165, 1.54) is 5.56 Å². The van der Waals surface area contributed by atoms with E-state index in [4.69, 9.17) is 9.41 Å². The first-order valence-electron chi connectivity index (χ1n) is 11.0. The molecule has 3 rings (SSSR count). The fourth-order valence-corrected chi connectivity index (χ4v) is 3.48. The molecule has 1 aromatic carbocycles. The van der Waals surface area contributed by atoms with Gasteiger partial charge in [-0.1, -0.05) is 17.7 Å². The van der Waals surface area contributed by atoms with Crippen LogP contribution in [0.15, 0.2) is 39.9 Å². The number of oxazole rings is 1. The molecule has 0 unspecified atom stereocenters. The van der Waals surface area contributed by atoms with Crippen molar-refractivity contribution in [2.45, 2.75) is 40.3 Å². The predicted octanol–water partition coefficient (Wildman–Crippen LogP) is 2.26. The molecule has 0 bridgehead atoms. The third-order valence-corrected chi connectivity index (χ3v) is 5.06. The van der Waals surface area contributed by atoms with Gasteiger partial charge < -0.3 is 20.0 Å². The highest BCUT2D eigenvalue weighted by atomic mass is 16.3. The van der Waals surface area contributed by atoms with Gasteiger partial charge in [-0.25, -0.2) is 9.98 Å². The van der Waals surface area contributed by atoms with Crippen molar-refractivity contribution >= 4 is 11.9 Å². The molecule has 0 saturated carbocycles. The molecular formula is C23H34N6O2. The normalized spacial score (nSPS) is 15.4. The standard InChI is InChI=1S/C23H34N6O2/c1-5-24-23(29-12-10-28(11-13-29)15-21(30)26-17(2)3)25-14-20-16-31-22(27-20)19-8-6-18(4)7-9-19/h6-9,16-17H,5,10-15H2,1-4H3,(H,24,25)(H,26,30). The van der Waals surface area contributed by atoms with Gasteiger partial charge in [0.1, 0.15) is 12.0 Å². The summed E-state index contributed by atoms with van der Waals surface area (Å²) in [5.74, 6) is 1.57. The van der Waals surface area contributed by atoms with E-state index in [-0.39, 0.29) is 11.9 Å². The van der Waals surface area contributed by atoms with Gasteiger partial charge in [-0.05, 0) is 39.8 Å². The van der Waals surface area contributed by atoms with E-state index >= 15 is 0 Å². The van der Waals surface area contributed by atoms with Crippen LogP contribution in [0.2, 0.25) is 0 Å². The highest BCUT2D eigenvalue weighted by Gasteiger charge is 2.21. The van der Waals surface area contributed by atoms with E-state index in [0.29, 0.717) is 19.0 Å². The van der Waals surface area contributed by atoms with Gasteiger partial charge >= 0.3 is 0 Å². The summed E-state index contributed by atoms with van der Waals surface area (Å²) in [4.78, 5) is 25.8. The Morgan fingerprint density at radius 1 is 1.19 bits per heavy atom. The Bertz CT molecular complexity index is 866. The lowest BCUT2D eigenvalue weighted by Gasteiger charge is -2.36. The summed E-state index contributed by atoms with van der Waals surface area (Å²) in [5.41, 5.74) is 2.97. The molecule has 2 N–H and O–H groups in total.